The molecule has 9 heteroatoms. The van der Waals surface area contributed by atoms with Crippen molar-refractivity contribution in [2.75, 3.05) is 13.1 Å². The van der Waals surface area contributed by atoms with Crippen LogP contribution in [-0.2, 0) is 39.9 Å². The van der Waals surface area contributed by atoms with Crippen LogP contribution in [0, 0.1) is 0 Å². The smallest absolute Gasteiger partial charge is 0.148 e. The van der Waals surface area contributed by atoms with E-state index in [1.807, 2.05) is 65.8 Å². The molecule has 0 bridgehead atoms. The number of hydrogen-bond donors (Lipinski definition) is 1. The van der Waals surface area contributed by atoms with Gasteiger partial charge in [-0.1, -0.05) is 60.7 Å². The van der Waals surface area contributed by atoms with Crippen LogP contribution in [0.2, 0.25) is 0 Å². The van der Waals surface area contributed by atoms with E-state index in [1.165, 1.54) is 11.1 Å². The first-order valence-corrected chi connectivity index (χ1v) is 17.3. The van der Waals surface area contributed by atoms with Crippen LogP contribution in [0.3, 0.4) is 0 Å². The Morgan fingerprint density at radius 3 is 1.47 bits per heavy atom. The maximum absolute atomic E-state index is 12.2. The maximum atomic E-state index is 12.2. The van der Waals surface area contributed by atoms with E-state index in [0.717, 1.165) is 31.8 Å². The molecule has 7 nitrogen and oxygen atoms in total. The van der Waals surface area contributed by atoms with E-state index in [2.05, 4.69) is 78.3 Å². The summed E-state index contributed by atoms with van der Waals surface area (Å²) in [7, 11) is -2.34. The van der Waals surface area contributed by atoms with E-state index >= 15 is 0 Å². The summed E-state index contributed by atoms with van der Waals surface area (Å²) in [6.07, 6.45) is 1.57. The third kappa shape index (κ3) is 12.5. The molecule has 2 fully saturated rings. The van der Waals surface area contributed by atoms with Crippen molar-refractivity contribution in [1.82, 2.24) is 9.80 Å². The first-order chi connectivity index (χ1) is 19.7. The van der Waals surface area contributed by atoms with Crippen LogP contribution >= 0.6 is 0 Å². The third-order valence-corrected chi connectivity index (χ3v) is 10.2. The quantitative estimate of drug-likeness (QED) is 0.423. The fourth-order valence-corrected chi connectivity index (χ4v) is 5.27. The molecule has 4 rings (SSSR count). The van der Waals surface area contributed by atoms with Crippen LogP contribution in [0.4, 0.5) is 0 Å². The molecule has 2 aliphatic heterocycles. The highest BCUT2D eigenvalue weighted by Crippen LogP contribution is 2.30. The lowest BCUT2D eigenvalue weighted by atomic mass is 10.0. The van der Waals surface area contributed by atoms with Crippen molar-refractivity contribution < 1.29 is 13.2 Å². The van der Waals surface area contributed by atoms with Gasteiger partial charge in [0.25, 0.3) is 0 Å². The molecule has 2 atom stereocenters. The van der Waals surface area contributed by atoms with Gasteiger partial charge < -0.3 is 0 Å². The van der Waals surface area contributed by atoms with Crippen LogP contribution in [-0.4, -0.2) is 63.4 Å². The second kappa shape index (κ2) is 15.3. The van der Waals surface area contributed by atoms with Crippen LogP contribution in [0.5, 0.6) is 0 Å². The van der Waals surface area contributed by atoms with Crippen molar-refractivity contribution in [1.29, 1.82) is 0 Å². The summed E-state index contributed by atoms with van der Waals surface area (Å²) in [5.74, 6) is 0.357. The molecule has 0 radical (unpaired) electrons. The van der Waals surface area contributed by atoms with Crippen molar-refractivity contribution >= 4 is 33.5 Å². The topological polar surface area (TPSA) is 96.1 Å². The Bertz CT molecular complexity index is 1260. The number of nitrogens with zero attached hydrogens (tertiary/aromatic N) is 3. The lowest BCUT2D eigenvalue weighted by molar-refractivity contribution is -0.117. The Labute approximate surface area is 265 Å². The molecule has 0 aliphatic carbocycles. The highest BCUT2D eigenvalue weighted by Gasteiger charge is 2.37. The van der Waals surface area contributed by atoms with Crippen molar-refractivity contribution in [3.63, 3.8) is 0 Å². The molecule has 0 amide bonds. The average Bonchev–Trinajstić information content (AvgIpc) is 3.31. The van der Waals surface area contributed by atoms with E-state index in [-0.39, 0.29) is 20.6 Å². The Morgan fingerprint density at radius 1 is 0.721 bits per heavy atom. The van der Waals surface area contributed by atoms with Crippen molar-refractivity contribution in [2.24, 2.45) is 9.54 Å². The lowest BCUT2D eigenvalue weighted by Gasteiger charge is -2.30. The minimum atomic E-state index is -1.18. The van der Waals surface area contributed by atoms with Crippen LogP contribution in [0.15, 0.2) is 65.1 Å². The van der Waals surface area contributed by atoms with Crippen molar-refractivity contribution in [3.8, 4) is 0 Å². The van der Waals surface area contributed by atoms with Crippen LogP contribution in [0.25, 0.3) is 0 Å². The molecule has 240 valence electrons. The molecule has 43 heavy (non-hydrogen) atoms. The number of ketones is 1. The molecule has 2 N–H and O–H groups in total. The highest BCUT2D eigenvalue weighted by molar-refractivity contribution is 7.85. The zero-order chi connectivity index (χ0) is 32.6. The lowest BCUT2D eigenvalue weighted by Crippen LogP contribution is -2.37. The Kier molecular flexibility index (Phi) is 13.2. The van der Waals surface area contributed by atoms with Gasteiger partial charge in [0.1, 0.15) is 16.8 Å². The predicted molar refractivity (Wildman–Crippen MR) is 184 cm³/mol. The molecule has 2 aromatic carbocycles. The molecular formula is C34H54N4O3S2. The van der Waals surface area contributed by atoms with Crippen LogP contribution in [0.1, 0.15) is 93.2 Å². The van der Waals surface area contributed by atoms with E-state index in [9.17, 15) is 13.2 Å². The van der Waals surface area contributed by atoms with Gasteiger partial charge >= 0.3 is 0 Å². The molecule has 2 unspecified atom stereocenters. The zero-order valence-corrected chi connectivity index (χ0v) is 29.6. The normalized spacial score (nSPS) is 21.0. The van der Waals surface area contributed by atoms with Gasteiger partial charge in [-0.3, -0.25) is 19.7 Å². The Hall–Kier alpha value is -2.04. The number of hydrogen-bond acceptors (Lipinski definition) is 5. The second-order valence-electron chi connectivity index (χ2n) is 14.6. The Morgan fingerprint density at radius 2 is 1.12 bits per heavy atom. The van der Waals surface area contributed by atoms with E-state index < -0.39 is 22.0 Å². The van der Waals surface area contributed by atoms with E-state index in [4.69, 9.17) is 5.14 Å². The third-order valence-electron chi connectivity index (χ3n) is 7.49. The molecule has 2 aliphatic rings. The molecule has 0 spiro atoms. The summed E-state index contributed by atoms with van der Waals surface area (Å²) in [6.45, 7) is 23.4. The molecule has 0 saturated carbocycles. The monoisotopic (exact) mass is 630 g/mol. The van der Waals surface area contributed by atoms with E-state index in [0.29, 0.717) is 18.7 Å². The van der Waals surface area contributed by atoms with Gasteiger partial charge in [0.15, 0.2) is 0 Å². The summed E-state index contributed by atoms with van der Waals surface area (Å²) in [4.78, 5) is 16.1. The number of benzene rings is 2. The summed E-state index contributed by atoms with van der Waals surface area (Å²) in [6, 6.07) is 20.8. The molecule has 2 aromatic rings. The fourth-order valence-electron chi connectivity index (χ4n) is 4.64. The van der Waals surface area contributed by atoms with Gasteiger partial charge in [0, 0.05) is 49.3 Å². The van der Waals surface area contributed by atoms with Gasteiger partial charge in [-0.2, -0.15) is 4.40 Å². The minimum absolute atomic E-state index is 0.0208. The number of rotatable bonds is 5. The minimum Gasteiger partial charge on any atom is -0.298 e. The van der Waals surface area contributed by atoms with Crippen LogP contribution < -0.4 is 5.14 Å². The Balaban J connectivity index is 0.000000255. The van der Waals surface area contributed by atoms with Crippen molar-refractivity contribution in [3.05, 3.63) is 71.8 Å². The van der Waals surface area contributed by atoms with Gasteiger partial charge in [-0.05, 0) is 80.4 Å². The van der Waals surface area contributed by atoms with Gasteiger partial charge in [0.2, 0.25) is 0 Å². The number of Topliss-reactive ketones (excluding diaryl/α,β-unsaturated/α-hetero) is 1. The first kappa shape index (κ1) is 37.1. The fraction of sp³-hybridized carbons (Fsp3) is 0.588. The van der Waals surface area contributed by atoms with Gasteiger partial charge in [-0.15, -0.1) is 0 Å². The number of carbonyl (C=O) groups excluding carboxylic acids is 1. The second-order valence-corrected chi connectivity index (χ2v) is 18.4. The van der Waals surface area contributed by atoms with E-state index in [1.54, 1.807) is 0 Å². The summed E-state index contributed by atoms with van der Waals surface area (Å²) >= 11 is 0. The number of carbonyl (C=O) groups is 1. The summed E-state index contributed by atoms with van der Waals surface area (Å²) < 4.78 is 26.5. The molecule has 0 aromatic heterocycles. The average molecular weight is 631 g/mol. The first-order valence-electron chi connectivity index (χ1n) is 14.9. The molecule has 2 saturated heterocycles. The van der Waals surface area contributed by atoms with Gasteiger partial charge in [0.05, 0.1) is 27.0 Å². The zero-order valence-electron chi connectivity index (χ0n) is 28.0. The number of nitrogens with two attached hydrogens (primary N) is 1. The van der Waals surface area contributed by atoms with Gasteiger partial charge in [-0.25, -0.2) is 8.42 Å². The number of likely N-dealkylation sites (tertiary alicyclic amines) is 2. The van der Waals surface area contributed by atoms with Crippen molar-refractivity contribution in [2.45, 2.75) is 116 Å². The summed E-state index contributed by atoms with van der Waals surface area (Å²) in [5, 5.41) is 5.04. The largest absolute Gasteiger partial charge is 0.298 e. The standard InChI is InChI=1S/C17H26N2OS.C13H17NO.C4H11NOS/c1-16(2,3)21(20)18-15-11-17(4,5)19(13-15)12-14-9-7-6-8-10-14;1-13(2)8-12(15)10-14(13)9-11-6-4-3-5-7-11;1-4(2,3)7(5)6/h6-10H,11-13H2,1-5H3;3-7H,8-10H2,1-2H3;5H2,1-3H3. The maximum Gasteiger partial charge on any atom is 0.148 e. The molecule has 2 heterocycles. The highest BCUT2D eigenvalue weighted by atomic mass is 32.2. The molecular weight excluding hydrogens is 577 g/mol. The predicted octanol–water partition coefficient (Wildman–Crippen LogP) is 6.22. The SMILES string of the molecule is CC(C)(C)S(N)=O.CC1(C)CC(=NS(=O)C(C)(C)C)CN1Cc1ccccc1.CC1(C)CC(=O)CN1Cc1ccccc1. The summed E-state index contributed by atoms with van der Waals surface area (Å²) in [5.41, 5.74) is 3.73.